The van der Waals surface area contributed by atoms with E-state index in [2.05, 4.69) is 9.46 Å². The van der Waals surface area contributed by atoms with Crippen molar-refractivity contribution >= 4 is 10.0 Å². The van der Waals surface area contributed by atoms with Crippen molar-refractivity contribution in [3.05, 3.63) is 59.2 Å². The molecular weight excluding hydrogens is 343 g/mol. The van der Waals surface area contributed by atoms with Gasteiger partial charge in [0.15, 0.2) is 0 Å². The smallest absolute Gasteiger partial charge is 0.406 e. The van der Waals surface area contributed by atoms with Crippen molar-refractivity contribution in [2.45, 2.75) is 31.7 Å². The highest BCUT2D eigenvalue weighted by Crippen LogP contribution is 2.23. The Kier molecular flexibility index (Phi) is 5.19. The molecule has 0 amide bonds. The molecular formula is C16H16F3NO3S. The van der Waals surface area contributed by atoms with Crippen LogP contribution in [0.25, 0.3) is 0 Å². The fraction of sp³-hybridized carbons (Fsp3) is 0.250. The van der Waals surface area contributed by atoms with Crippen LogP contribution in [0, 0.1) is 13.8 Å². The number of benzene rings is 2. The van der Waals surface area contributed by atoms with Gasteiger partial charge in [-0.25, -0.2) is 13.1 Å². The van der Waals surface area contributed by atoms with Gasteiger partial charge >= 0.3 is 6.36 Å². The molecule has 130 valence electrons. The van der Waals surface area contributed by atoms with Crippen LogP contribution in [0.1, 0.15) is 16.7 Å². The van der Waals surface area contributed by atoms with Gasteiger partial charge in [-0.2, -0.15) is 0 Å². The van der Waals surface area contributed by atoms with Gasteiger partial charge in [-0.1, -0.05) is 18.2 Å². The molecule has 0 heterocycles. The van der Waals surface area contributed by atoms with Gasteiger partial charge in [-0.3, -0.25) is 0 Å². The average molecular weight is 359 g/mol. The lowest BCUT2D eigenvalue weighted by Gasteiger charge is -2.10. The van der Waals surface area contributed by atoms with E-state index in [1.165, 1.54) is 18.2 Å². The molecule has 0 unspecified atom stereocenters. The number of halogens is 3. The molecule has 1 N–H and O–H groups in total. The van der Waals surface area contributed by atoms with E-state index in [4.69, 9.17) is 0 Å². The summed E-state index contributed by atoms with van der Waals surface area (Å²) in [5.74, 6) is -0.358. The molecule has 0 saturated carbocycles. The molecule has 2 rings (SSSR count). The maximum Gasteiger partial charge on any atom is 0.573 e. The van der Waals surface area contributed by atoms with Crippen LogP contribution in [0.15, 0.2) is 47.4 Å². The molecule has 0 fully saturated rings. The van der Waals surface area contributed by atoms with Crippen molar-refractivity contribution in [2.24, 2.45) is 0 Å². The van der Waals surface area contributed by atoms with Gasteiger partial charge in [0, 0.05) is 6.54 Å². The Bertz CT molecular complexity index is 815. The van der Waals surface area contributed by atoms with Crippen LogP contribution < -0.4 is 9.46 Å². The Morgan fingerprint density at radius 1 is 1.00 bits per heavy atom. The normalized spacial score (nSPS) is 12.2. The van der Waals surface area contributed by atoms with Gasteiger partial charge in [-0.15, -0.1) is 13.2 Å². The van der Waals surface area contributed by atoms with E-state index < -0.39 is 16.4 Å². The van der Waals surface area contributed by atoms with Crippen LogP contribution in [0.5, 0.6) is 5.75 Å². The summed E-state index contributed by atoms with van der Waals surface area (Å²) in [4.78, 5) is 0.141. The molecule has 0 spiro atoms. The van der Waals surface area contributed by atoms with Crippen LogP contribution >= 0.6 is 0 Å². The van der Waals surface area contributed by atoms with E-state index in [-0.39, 0.29) is 17.2 Å². The summed E-state index contributed by atoms with van der Waals surface area (Å²) in [5.41, 5.74) is 2.35. The van der Waals surface area contributed by atoms with Crippen molar-refractivity contribution in [2.75, 3.05) is 0 Å². The lowest BCUT2D eigenvalue weighted by Crippen LogP contribution is -2.23. The van der Waals surface area contributed by atoms with Crippen LogP contribution in [-0.4, -0.2) is 14.8 Å². The predicted octanol–water partition coefficient (Wildman–Crippen LogP) is 3.68. The number of nitrogens with one attached hydrogen (secondary N) is 1. The topological polar surface area (TPSA) is 55.4 Å². The van der Waals surface area contributed by atoms with Crippen LogP contribution in [0.2, 0.25) is 0 Å². The lowest BCUT2D eigenvalue weighted by atomic mass is 10.1. The predicted molar refractivity (Wildman–Crippen MR) is 83.1 cm³/mol. The fourth-order valence-corrected chi connectivity index (χ4v) is 3.05. The van der Waals surface area contributed by atoms with Gasteiger partial charge in [-0.05, 0) is 54.8 Å². The number of hydrogen-bond donors (Lipinski definition) is 1. The second-order valence-electron chi connectivity index (χ2n) is 5.26. The van der Waals surface area contributed by atoms with Crippen LogP contribution in [0.4, 0.5) is 13.2 Å². The highest BCUT2D eigenvalue weighted by atomic mass is 32.2. The summed E-state index contributed by atoms with van der Waals surface area (Å²) in [5, 5.41) is 0. The summed E-state index contributed by atoms with van der Waals surface area (Å²) in [6.45, 7) is 3.65. The van der Waals surface area contributed by atoms with Crippen molar-refractivity contribution in [3.8, 4) is 5.75 Å². The number of aryl methyl sites for hydroxylation is 2. The number of hydrogen-bond acceptors (Lipinski definition) is 3. The summed E-state index contributed by atoms with van der Waals surface area (Å²) in [6, 6.07) is 9.78. The third kappa shape index (κ3) is 4.97. The van der Waals surface area contributed by atoms with E-state index in [0.717, 1.165) is 23.3 Å². The first-order valence-electron chi connectivity index (χ1n) is 6.98. The van der Waals surface area contributed by atoms with Gasteiger partial charge in [0.2, 0.25) is 10.0 Å². The number of alkyl halides is 3. The molecule has 0 aliphatic heterocycles. The molecule has 0 saturated heterocycles. The molecule has 0 aliphatic rings. The van der Waals surface area contributed by atoms with E-state index in [0.29, 0.717) is 5.56 Å². The minimum absolute atomic E-state index is 0.0401. The van der Waals surface area contributed by atoms with Crippen molar-refractivity contribution in [1.82, 2.24) is 4.72 Å². The van der Waals surface area contributed by atoms with E-state index in [1.54, 1.807) is 12.1 Å². The largest absolute Gasteiger partial charge is 0.573 e. The third-order valence-electron chi connectivity index (χ3n) is 3.41. The molecule has 24 heavy (non-hydrogen) atoms. The molecule has 2 aromatic rings. The first-order valence-corrected chi connectivity index (χ1v) is 8.47. The van der Waals surface area contributed by atoms with Crippen LogP contribution in [0.3, 0.4) is 0 Å². The highest BCUT2D eigenvalue weighted by molar-refractivity contribution is 7.89. The van der Waals surface area contributed by atoms with Crippen LogP contribution in [-0.2, 0) is 16.6 Å². The monoisotopic (exact) mass is 359 g/mol. The molecule has 0 aromatic heterocycles. The zero-order valence-electron chi connectivity index (χ0n) is 13.0. The highest BCUT2D eigenvalue weighted by Gasteiger charge is 2.30. The van der Waals surface area contributed by atoms with E-state index in [9.17, 15) is 21.6 Å². The minimum Gasteiger partial charge on any atom is -0.406 e. The molecule has 0 radical (unpaired) electrons. The third-order valence-corrected chi connectivity index (χ3v) is 4.81. The van der Waals surface area contributed by atoms with Gasteiger partial charge in [0.1, 0.15) is 5.75 Å². The molecule has 4 nitrogen and oxygen atoms in total. The van der Waals surface area contributed by atoms with Gasteiger partial charge in [0.25, 0.3) is 0 Å². The van der Waals surface area contributed by atoms with E-state index >= 15 is 0 Å². The average Bonchev–Trinajstić information content (AvgIpc) is 2.48. The Balaban J connectivity index is 2.05. The summed E-state index contributed by atoms with van der Waals surface area (Å²) >= 11 is 0. The summed E-state index contributed by atoms with van der Waals surface area (Å²) in [6.07, 6.45) is -4.76. The SMILES string of the molecule is Cc1ccc(S(=O)(=O)NCc2ccc(OC(F)(F)F)cc2)cc1C. The maximum atomic E-state index is 12.2. The van der Waals surface area contributed by atoms with Crippen molar-refractivity contribution in [3.63, 3.8) is 0 Å². The molecule has 0 bridgehead atoms. The van der Waals surface area contributed by atoms with Crippen molar-refractivity contribution < 1.29 is 26.3 Å². The van der Waals surface area contributed by atoms with Gasteiger partial charge < -0.3 is 4.74 Å². The first-order chi connectivity index (χ1) is 11.1. The summed E-state index contributed by atoms with van der Waals surface area (Å²) < 4.78 is 66.9. The Morgan fingerprint density at radius 3 is 2.17 bits per heavy atom. The Morgan fingerprint density at radius 2 is 1.62 bits per heavy atom. The second kappa shape index (κ2) is 6.82. The summed E-state index contributed by atoms with van der Waals surface area (Å²) in [7, 11) is -3.70. The lowest BCUT2D eigenvalue weighted by molar-refractivity contribution is -0.274. The molecule has 2 aromatic carbocycles. The molecule has 8 heteroatoms. The number of ether oxygens (including phenoxy) is 1. The fourth-order valence-electron chi connectivity index (χ4n) is 1.95. The van der Waals surface area contributed by atoms with Gasteiger partial charge in [0.05, 0.1) is 4.90 Å². The number of rotatable bonds is 5. The van der Waals surface area contributed by atoms with Crippen molar-refractivity contribution in [1.29, 1.82) is 0 Å². The maximum absolute atomic E-state index is 12.2. The Labute approximate surface area is 138 Å². The Hall–Kier alpha value is -2.06. The molecule has 0 aliphatic carbocycles. The minimum atomic E-state index is -4.76. The zero-order valence-corrected chi connectivity index (χ0v) is 13.8. The second-order valence-corrected chi connectivity index (χ2v) is 7.03. The standard InChI is InChI=1S/C16H16F3NO3S/c1-11-3-8-15(9-12(11)2)24(21,22)20-10-13-4-6-14(7-5-13)23-16(17,18)19/h3-9,20H,10H2,1-2H3. The number of sulfonamides is 1. The zero-order chi connectivity index (χ0) is 18.0. The first kappa shape index (κ1) is 18.3. The molecule has 0 atom stereocenters. The van der Waals surface area contributed by atoms with E-state index in [1.807, 2.05) is 13.8 Å². The quantitative estimate of drug-likeness (QED) is 0.886.